The summed E-state index contributed by atoms with van der Waals surface area (Å²) in [6.07, 6.45) is 2.15. The minimum atomic E-state index is -4.21. The van der Waals surface area contributed by atoms with Crippen LogP contribution in [0.25, 0.3) is 10.5 Å². The van der Waals surface area contributed by atoms with E-state index in [2.05, 4.69) is 0 Å². The molecule has 2 aromatic rings. The first kappa shape index (κ1) is 32.0. The summed E-state index contributed by atoms with van der Waals surface area (Å²) >= 11 is 8.22. The molecule has 3 N–H and O–H groups in total. The Morgan fingerprint density at radius 2 is 1.75 bits per heavy atom. The van der Waals surface area contributed by atoms with E-state index in [0.717, 1.165) is 37.5 Å². The lowest BCUT2D eigenvalue weighted by atomic mass is 10.2. The zero-order valence-electron chi connectivity index (χ0n) is 22.7. The lowest BCUT2D eigenvalue weighted by Crippen LogP contribution is -2.37. The highest BCUT2D eigenvalue weighted by atomic mass is 32.2. The minimum Gasteiger partial charge on any atom is -0.480 e. The number of ether oxygens (including phenoxy) is 2. The maximum absolute atomic E-state index is 13.7. The van der Waals surface area contributed by atoms with Crippen LogP contribution in [-0.4, -0.2) is 80.5 Å². The van der Waals surface area contributed by atoms with E-state index in [9.17, 15) is 42.4 Å². The van der Waals surface area contributed by atoms with Gasteiger partial charge >= 0.3 is 11.9 Å². The zero-order chi connectivity index (χ0) is 31.9. The van der Waals surface area contributed by atoms with Crippen LogP contribution in [0, 0.1) is 0 Å². The number of carbonyl (C=O) groups is 3. The van der Waals surface area contributed by atoms with Gasteiger partial charge in [-0.1, -0.05) is 42.7 Å². The largest absolute Gasteiger partial charge is 0.480 e. The number of carboxylic acid groups (broad SMARTS) is 2. The first-order valence-electron chi connectivity index (χ1n) is 12.8. The van der Waals surface area contributed by atoms with Gasteiger partial charge in [-0.3, -0.25) is 33.2 Å². The van der Waals surface area contributed by atoms with Crippen LogP contribution in [0.4, 0.5) is 5.69 Å². The molecule has 0 aliphatic carbocycles. The third-order valence-corrected chi connectivity index (χ3v) is 11.2. The highest BCUT2D eigenvalue weighted by Gasteiger charge is 2.36. The molecule has 3 aliphatic heterocycles. The van der Waals surface area contributed by atoms with Gasteiger partial charge in [0.1, 0.15) is 27.0 Å². The molecule has 14 nitrogen and oxygen atoms in total. The lowest BCUT2D eigenvalue weighted by molar-refractivity contribution is -0.140. The number of hydrogen-bond donors (Lipinski definition) is 3. The Hall–Kier alpha value is -3.36. The highest BCUT2D eigenvalue weighted by Crippen LogP contribution is 2.51. The summed E-state index contributed by atoms with van der Waals surface area (Å²) in [5.41, 5.74) is 0.576. The van der Waals surface area contributed by atoms with Gasteiger partial charge in [0.2, 0.25) is 6.79 Å². The van der Waals surface area contributed by atoms with Gasteiger partial charge in [0.15, 0.2) is 11.5 Å². The highest BCUT2D eigenvalue weighted by molar-refractivity contribution is 8.30. The molecule has 19 heteroatoms. The number of rotatable bonds is 10. The molecule has 1 aromatic carbocycles. The number of benzene rings is 1. The third kappa shape index (κ3) is 6.52. The topological polar surface area (TPSA) is 193 Å². The van der Waals surface area contributed by atoms with Crippen molar-refractivity contribution in [2.45, 2.75) is 31.2 Å². The van der Waals surface area contributed by atoms with Gasteiger partial charge in [-0.05, 0) is 24.5 Å². The number of thioether (sulfide) groups is 2. The molecule has 0 bridgehead atoms. The van der Waals surface area contributed by atoms with Gasteiger partial charge in [-0.25, -0.2) is 0 Å². The number of aliphatic carboxylic acids is 2. The summed E-state index contributed by atoms with van der Waals surface area (Å²) in [6.45, 7) is 0.628. The minimum absolute atomic E-state index is 0.0287. The number of hydrogen-bond acceptors (Lipinski definition) is 13. The normalized spacial score (nSPS) is 18.8. The van der Waals surface area contributed by atoms with Crippen molar-refractivity contribution < 1.29 is 47.0 Å². The van der Waals surface area contributed by atoms with Crippen molar-refractivity contribution in [1.82, 2.24) is 9.47 Å². The van der Waals surface area contributed by atoms with E-state index in [0.29, 0.717) is 34.2 Å². The second-order valence-electron chi connectivity index (χ2n) is 9.43. The molecular weight excluding hydrogens is 679 g/mol. The number of anilines is 1. The molecular formula is C25H23N3O11S5. The van der Waals surface area contributed by atoms with Crippen molar-refractivity contribution >= 4 is 95.5 Å². The fourth-order valence-electron chi connectivity index (χ4n) is 4.57. The van der Waals surface area contributed by atoms with Crippen LogP contribution < -0.4 is 29.1 Å². The number of allylic oxidation sites excluding steroid dienone is 1. The van der Waals surface area contributed by atoms with Crippen molar-refractivity contribution in [2.24, 2.45) is 0 Å². The molecule has 0 spiro atoms. The van der Waals surface area contributed by atoms with Crippen LogP contribution in [0.5, 0.6) is 11.5 Å². The van der Waals surface area contributed by atoms with Gasteiger partial charge < -0.3 is 24.6 Å². The molecule has 1 amide bonds. The molecule has 234 valence electrons. The molecule has 0 radical (unpaired) electrons. The Morgan fingerprint density at radius 1 is 1.07 bits per heavy atom. The molecule has 0 saturated carbocycles. The molecule has 4 heterocycles. The predicted molar refractivity (Wildman–Crippen MR) is 167 cm³/mol. The Morgan fingerprint density at radius 3 is 2.39 bits per heavy atom. The molecule has 0 atom stereocenters. The van der Waals surface area contributed by atoms with E-state index in [-0.39, 0.29) is 38.2 Å². The smallest absolute Gasteiger partial charge is 0.323 e. The van der Waals surface area contributed by atoms with Crippen LogP contribution >= 0.6 is 47.1 Å². The predicted octanol–water partition coefficient (Wildman–Crippen LogP) is 1.07. The number of thiazole rings is 1. The zero-order valence-corrected chi connectivity index (χ0v) is 26.8. The van der Waals surface area contributed by atoms with E-state index in [1.807, 2.05) is 4.90 Å². The van der Waals surface area contributed by atoms with Crippen molar-refractivity contribution in [3.05, 3.63) is 42.8 Å². The Kier molecular flexibility index (Phi) is 9.15. The second-order valence-corrected chi connectivity index (χ2v) is 14.7. The summed E-state index contributed by atoms with van der Waals surface area (Å²) in [6, 6.07) is 3.55. The summed E-state index contributed by atoms with van der Waals surface area (Å²) in [7, 11) is -4.21. The maximum Gasteiger partial charge on any atom is 0.323 e. The molecule has 3 aliphatic rings. The molecule has 1 fully saturated rings. The molecule has 1 saturated heterocycles. The van der Waals surface area contributed by atoms with E-state index in [1.165, 1.54) is 11.8 Å². The first-order valence-corrected chi connectivity index (χ1v) is 17.2. The van der Waals surface area contributed by atoms with Gasteiger partial charge in [-0.2, -0.15) is 8.42 Å². The van der Waals surface area contributed by atoms with Crippen LogP contribution in [0.3, 0.4) is 0 Å². The van der Waals surface area contributed by atoms with Gasteiger partial charge in [0.05, 0.1) is 21.0 Å². The number of aromatic nitrogens is 1. The van der Waals surface area contributed by atoms with Crippen LogP contribution in [-0.2, 0) is 31.0 Å². The monoisotopic (exact) mass is 701 g/mol. The van der Waals surface area contributed by atoms with Crippen molar-refractivity contribution in [3.63, 3.8) is 0 Å². The Bertz CT molecular complexity index is 1930. The molecule has 5 rings (SSSR count). The summed E-state index contributed by atoms with van der Waals surface area (Å²) < 4.78 is 44.2. The molecule has 44 heavy (non-hydrogen) atoms. The Labute approximate surface area is 267 Å². The number of fused-ring (bicyclic) bond motifs is 2. The number of carbonyl (C=O) groups excluding carboxylic acids is 1. The van der Waals surface area contributed by atoms with E-state index in [4.69, 9.17) is 21.7 Å². The van der Waals surface area contributed by atoms with E-state index >= 15 is 0 Å². The second kappa shape index (κ2) is 12.6. The van der Waals surface area contributed by atoms with Crippen LogP contribution in [0.1, 0.15) is 19.8 Å². The van der Waals surface area contributed by atoms with Crippen LogP contribution in [0.15, 0.2) is 32.9 Å². The Balaban J connectivity index is 1.65. The maximum atomic E-state index is 13.7. The first-order chi connectivity index (χ1) is 20.8. The molecule has 1 aromatic heterocycles. The molecule has 0 unspecified atom stereocenters. The average molecular weight is 702 g/mol. The number of nitrogens with zero attached hydrogens (tertiary/aromatic N) is 3. The third-order valence-electron chi connectivity index (χ3n) is 6.49. The van der Waals surface area contributed by atoms with Crippen molar-refractivity contribution in [3.8, 4) is 11.5 Å². The number of carboxylic acids is 2. The number of amides is 1. The van der Waals surface area contributed by atoms with E-state index in [1.54, 1.807) is 25.1 Å². The van der Waals surface area contributed by atoms with Crippen molar-refractivity contribution in [1.29, 1.82) is 0 Å². The standard InChI is InChI=1S/C25H23N3O11S5/c1-2-12(6-17-26(4-3-5-44(35,36)37)13-7-14-15(39-11-38-14)8-16(13)41-17)20-22(33)27(9-18(29)30)24(42-20)21-23(34)28(10-19(31)32)25(40)43-21/h6-8H,2-5,9-11H2,1H3,(H,29,30)(H,31,32)(H,35,36,37)/b17-6?,20-12?,24-21-. The van der Waals surface area contributed by atoms with Gasteiger partial charge in [-0.15, -0.1) is 11.3 Å². The quantitative estimate of drug-likeness (QED) is 0.235. The van der Waals surface area contributed by atoms with Crippen LogP contribution in [0.2, 0.25) is 0 Å². The van der Waals surface area contributed by atoms with E-state index < -0.39 is 52.4 Å². The summed E-state index contributed by atoms with van der Waals surface area (Å²) in [4.78, 5) is 53.2. The van der Waals surface area contributed by atoms with Gasteiger partial charge in [0.25, 0.3) is 21.6 Å². The van der Waals surface area contributed by atoms with Crippen molar-refractivity contribution in [2.75, 3.05) is 30.5 Å². The number of thiocarbonyl (C=S) groups is 1. The summed E-state index contributed by atoms with van der Waals surface area (Å²) in [5, 5.41) is 19.4. The summed E-state index contributed by atoms with van der Waals surface area (Å²) in [5.74, 6) is -2.76. The average Bonchev–Trinajstić information content (AvgIpc) is 3.67. The SMILES string of the molecule is CCC(C=C1Sc2cc3c(cc2N1CCCS(=O)(=O)O)OCO3)=c1s/c(=C2\SC(=S)N(CC(=O)O)C2=O)n(CC(=O)O)c1=O. The fraction of sp³-hybridized carbons (Fsp3) is 0.320. The van der Waals surface area contributed by atoms with Gasteiger partial charge in [0, 0.05) is 23.6 Å². The lowest BCUT2D eigenvalue weighted by Gasteiger charge is -2.20. The fourth-order valence-corrected chi connectivity index (χ4v) is 8.87.